The van der Waals surface area contributed by atoms with Crippen LogP contribution in [0, 0.1) is 5.92 Å². The Hall–Kier alpha value is -2.37. The topological polar surface area (TPSA) is 80.1 Å². The summed E-state index contributed by atoms with van der Waals surface area (Å²) in [5, 5.41) is 0. The average Bonchev–Trinajstić information content (AvgIpc) is 3.15. The molecule has 0 bridgehead atoms. The normalized spacial score (nSPS) is 19.4. The third-order valence-electron chi connectivity index (χ3n) is 6.15. The molecular formula is C22H25F3N2O5S. The minimum atomic E-state index is -4.63. The Labute approximate surface area is 189 Å². The lowest BCUT2D eigenvalue weighted by molar-refractivity contribution is -0.193. The van der Waals surface area contributed by atoms with E-state index in [0.717, 1.165) is 29.7 Å². The van der Waals surface area contributed by atoms with E-state index in [4.69, 9.17) is 9.15 Å². The molecule has 1 saturated heterocycles. The van der Waals surface area contributed by atoms with E-state index in [0.29, 0.717) is 25.9 Å². The Morgan fingerprint density at radius 1 is 1.15 bits per heavy atom. The maximum Gasteiger partial charge on any atom is 0.411 e. The van der Waals surface area contributed by atoms with Crippen LogP contribution in [0.2, 0.25) is 0 Å². The van der Waals surface area contributed by atoms with Crippen LogP contribution in [0.15, 0.2) is 45.8 Å². The maximum absolute atomic E-state index is 13.9. The first-order chi connectivity index (χ1) is 15.5. The SMILES string of the molecule is CS(=O)(=O)N1CCC(COc2coc(C(N3Cc4ccccc4C3)C(F)(F)F)cc2=O)CC1. The van der Waals surface area contributed by atoms with Crippen molar-refractivity contribution in [3.63, 3.8) is 0 Å². The van der Waals surface area contributed by atoms with Gasteiger partial charge in [0.1, 0.15) is 12.0 Å². The zero-order chi connectivity index (χ0) is 23.8. The lowest BCUT2D eigenvalue weighted by Gasteiger charge is -2.30. The number of sulfonamides is 1. The number of halogens is 3. The van der Waals surface area contributed by atoms with Crippen molar-refractivity contribution in [2.24, 2.45) is 5.92 Å². The lowest BCUT2D eigenvalue weighted by atomic mass is 9.99. The molecule has 2 aromatic rings. The van der Waals surface area contributed by atoms with E-state index < -0.39 is 33.4 Å². The van der Waals surface area contributed by atoms with Crippen LogP contribution in [0.3, 0.4) is 0 Å². The third-order valence-corrected chi connectivity index (χ3v) is 7.45. The molecule has 3 heterocycles. The highest BCUT2D eigenvalue weighted by Crippen LogP contribution is 2.41. The quantitative estimate of drug-likeness (QED) is 0.624. The van der Waals surface area contributed by atoms with Crippen molar-refractivity contribution in [3.05, 3.63) is 63.7 Å². The average molecular weight is 487 g/mol. The molecule has 0 amide bonds. The van der Waals surface area contributed by atoms with E-state index in [9.17, 15) is 26.4 Å². The smallest absolute Gasteiger partial charge is 0.411 e. The number of rotatable bonds is 6. The molecule has 0 saturated carbocycles. The summed E-state index contributed by atoms with van der Waals surface area (Å²) in [5.41, 5.74) is 0.947. The molecule has 0 radical (unpaired) electrons. The first kappa shape index (κ1) is 23.8. The number of fused-ring (bicyclic) bond motifs is 1. The fourth-order valence-corrected chi connectivity index (χ4v) is 5.24. The Balaban J connectivity index is 1.43. The molecule has 1 aromatic carbocycles. The van der Waals surface area contributed by atoms with Crippen LogP contribution in [0.4, 0.5) is 13.2 Å². The Morgan fingerprint density at radius 2 is 1.76 bits per heavy atom. The van der Waals surface area contributed by atoms with Gasteiger partial charge in [0, 0.05) is 32.2 Å². The second-order valence-electron chi connectivity index (χ2n) is 8.55. The van der Waals surface area contributed by atoms with Gasteiger partial charge < -0.3 is 9.15 Å². The van der Waals surface area contributed by atoms with Crippen LogP contribution in [-0.2, 0) is 23.1 Å². The molecule has 33 heavy (non-hydrogen) atoms. The lowest BCUT2D eigenvalue weighted by Crippen LogP contribution is -2.39. The van der Waals surface area contributed by atoms with Gasteiger partial charge >= 0.3 is 6.18 Å². The monoisotopic (exact) mass is 486 g/mol. The van der Waals surface area contributed by atoms with Gasteiger partial charge in [-0.05, 0) is 29.9 Å². The van der Waals surface area contributed by atoms with E-state index in [-0.39, 0.29) is 31.4 Å². The predicted octanol–water partition coefficient (Wildman–Crippen LogP) is 3.31. The fraction of sp³-hybridized carbons (Fsp3) is 0.500. The first-order valence-corrected chi connectivity index (χ1v) is 12.5. The molecule has 4 rings (SSSR count). The van der Waals surface area contributed by atoms with Gasteiger partial charge in [-0.25, -0.2) is 12.7 Å². The van der Waals surface area contributed by atoms with Crippen molar-refractivity contribution >= 4 is 10.0 Å². The summed E-state index contributed by atoms with van der Waals surface area (Å²) in [7, 11) is -3.24. The van der Waals surface area contributed by atoms with Crippen LogP contribution in [-0.4, -0.2) is 49.8 Å². The molecule has 0 spiro atoms. The zero-order valence-electron chi connectivity index (χ0n) is 18.0. The highest BCUT2D eigenvalue weighted by atomic mass is 32.2. The van der Waals surface area contributed by atoms with Crippen LogP contribution >= 0.6 is 0 Å². The van der Waals surface area contributed by atoms with Gasteiger partial charge in [0.15, 0.2) is 6.04 Å². The van der Waals surface area contributed by atoms with Crippen molar-refractivity contribution < 1.29 is 30.7 Å². The molecule has 1 aromatic heterocycles. The molecule has 0 N–H and O–H groups in total. The van der Waals surface area contributed by atoms with Crippen molar-refractivity contribution in [2.45, 2.75) is 38.1 Å². The number of alkyl halides is 3. The fourth-order valence-electron chi connectivity index (χ4n) is 4.37. The van der Waals surface area contributed by atoms with Crippen LogP contribution in [0.25, 0.3) is 0 Å². The number of hydrogen-bond acceptors (Lipinski definition) is 6. The van der Waals surface area contributed by atoms with E-state index in [1.807, 2.05) is 0 Å². The number of hydrogen-bond donors (Lipinski definition) is 0. The van der Waals surface area contributed by atoms with E-state index in [1.54, 1.807) is 24.3 Å². The molecule has 2 aliphatic rings. The summed E-state index contributed by atoms with van der Waals surface area (Å²) < 4.78 is 77.2. The summed E-state index contributed by atoms with van der Waals surface area (Å²) in [6, 6.07) is 5.94. The predicted molar refractivity (Wildman–Crippen MR) is 114 cm³/mol. The molecular weight excluding hydrogens is 461 g/mol. The highest BCUT2D eigenvalue weighted by molar-refractivity contribution is 7.88. The highest BCUT2D eigenvalue weighted by Gasteiger charge is 2.48. The van der Waals surface area contributed by atoms with E-state index >= 15 is 0 Å². The molecule has 180 valence electrons. The molecule has 7 nitrogen and oxygen atoms in total. The molecule has 2 aliphatic heterocycles. The van der Waals surface area contributed by atoms with Crippen LogP contribution in [0.5, 0.6) is 5.75 Å². The van der Waals surface area contributed by atoms with E-state index in [1.165, 1.54) is 9.21 Å². The summed E-state index contributed by atoms with van der Waals surface area (Å²) >= 11 is 0. The number of benzene rings is 1. The largest absolute Gasteiger partial charge is 0.486 e. The molecule has 0 aliphatic carbocycles. The summed E-state index contributed by atoms with van der Waals surface area (Å²) in [5.74, 6) is -0.600. The van der Waals surface area contributed by atoms with Crippen molar-refractivity contribution in [1.29, 1.82) is 0 Å². The second-order valence-corrected chi connectivity index (χ2v) is 10.5. The molecule has 1 atom stereocenters. The van der Waals surface area contributed by atoms with Gasteiger partial charge in [0.05, 0.1) is 12.9 Å². The van der Waals surface area contributed by atoms with Crippen molar-refractivity contribution in [1.82, 2.24) is 9.21 Å². The Bertz CT molecular complexity index is 1130. The minimum Gasteiger partial charge on any atom is -0.486 e. The third kappa shape index (κ3) is 5.42. The summed E-state index contributed by atoms with van der Waals surface area (Å²) in [4.78, 5) is 13.7. The number of ether oxygens (including phenoxy) is 1. The standard InChI is InChI=1S/C22H25F3N2O5S/c1-33(29,30)27-8-6-15(7-9-27)13-31-20-14-32-19(10-18(20)28)21(22(23,24)25)26-11-16-4-2-3-5-17(16)12-26/h2-5,10,14-15,21H,6-9,11-13H2,1H3. The molecule has 1 fully saturated rings. The van der Waals surface area contributed by atoms with Gasteiger partial charge in [-0.3, -0.25) is 9.69 Å². The Morgan fingerprint density at radius 3 is 2.27 bits per heavy atom. The minimum absolute atomic E-state index is 0.0353. The number of nitrogens with zero attached hydrogens (tertiary/aromatic N) is 2. The van der Waals surface area contributed by atoms with Crippen LogP contribution < -0.4 is 10.2 Å². The first-order valence-electron chi connectivity index (χ1n) is 10.6. The number of piperidine rings is 1. The van der Waals surface area contributed by atoms with Crippen LogP contribution in [0.1, 0.15) is 35.8 Å². The van der Waals surface area contributed by atoms with Crippen molar-refractivity contribution in [2.75, 3.05) is 26.0 Å². The van der Waals surface area contributed by atoms with Gasteiger partial charge in [0.2, 0.25) is 21.2 Å². The summed E-state index contributed by atoms with van der Waals surface area (Å²) in [6.45, 7) is 1.10. The van der Waals surface area contributed by atoms with Gasteiger partial charge in [-0.15, -0.1) is 0 Å². The van der Waals surface area contributed by atoms with Crippen molar-refractivity contribution in [3.8, 4) is 5.75 Å². The Kier molecular flexibility index (Phi) is 6.56. The molecule has 1 unspecified atom stereocenters. The molecule has 11 heteroatoms. The summed E-state index contributed by atoms with van der Waals surface area (Å²) in [6.07, 6.45) is -1.39. The maximum atomic E-state index is 13.9. The van der Waals surface area contributed by atoms with Gasteiger partial charge in [-0.2, -0.15) is 13.2 Å². The van der Waals surface area contributed by atoms with Gasteiger partial charge in [-0.1, -0.05) is 24.3 Å². The van der Waals surface area contributed by atoms with Gasteiger partial charge in [0.25, 0.3) is 0 Å². The zero-order valence-corrected chi connectivity index (χ0v) is 18.9. The second kappa shape index (κ2) is 9.11. The van der Waals surface area contributed by atoms with E-state index in [2.05, 4.69) is 0 Å².